The largest absolute Gasteiger partial charge is 0.383 e. The summed E-state index contributed by atoms with van der Waals surface area (Å²) in [5.74, 6) is 2.24. The molecule has 4 unspecified atom stereocenters. The molecule has 0 spiro atoms. The van der Waals surface area contributed by atoms with E-state index in [0.29, 0.717) is 30.2 Å². The summed E-state index contributed by atoms with van der Waals surface area (Å²) in [7, 11) is 1.68. The van der Waals surface area contributed by atoms with Gasteiger partial charge >= 0.3 is 0 Å². The molecule has 2 aliphatic carbocycles. The maximum Gasteiger partial charge on any atom is 0.274 e. The summed E-state index contributed by atoms with van der Waals surface area (Å²) >= 11 is 0. The number of amides is 2. The number of likely N-dealkylation sites (tertiary alicyclic amines) is 1. The minimum atomic E-state index is -0.0623. The molecule has 0 aromatic carbocycles. The standard InChI is InChI=1S/C28H40N4O3/c1-3-20-14-21-8-7-12-28(15-20,16-21)17-26(33)30-25-11-6-10-24-29-23(18-32(24)25)27(34)31-13-5-4-9-22(31)19-35-2/h6,10-11,18,20-22H,3-5,7-9,12-17,19H2,1-2H3,(H,30,33). The van der Waals surface area contributed by atoms with E-state index in [2.05, 4.69) is 17.2 Å². The Morgan fingerprint density at radius 2 is 2.09 bits per heavy atom. The van der Waals surface area contributed by atoms with E-state index < -0.39 is 0 Å². The number of fused-ring (bicyclic) bond motifs is 3. The highest BCUT2D eigenvalue weighted by atomic mass is 16.5. The van der Waals surface area contributed by atoms with Crippen molar-refractivity contribution in [3.63, 3.8) is 0 Å². The van der Waals surface area contributed by atoms with Gasteiger partial charge in [0.15, 0.2) is 0 Å². The quantitative estimate of drug-likeness (QED) is 0.583. The van der Waals surface area contributed by atoms with Crippen LogP contribution < -0.4 is 5.32 Å². The number of nitrogens with one attached hydrogen (secondary N) is 1. The molecule has 2 aromatic rings. The molecule has 2 aromatic heterocycles. The third-order valence-corrected chi connectivity index (χ3v) is 8.77. The lowest BCUT2D eigenvalue weighted by Gasteiger charge is -2.48. The summed E-state index contributed by atoms with van der Waals surface area (Å²) in [5.41, 5.74) is 1.24. The number of aromatic nitrogens is 2. The van der Waals surface area contributed by atoms with Crippen LogP contribution in [0.4, 0.5) is 5.82 Å². The Labute approximate surface area is 208 Å². The van der Waals surface area contributed by atoms with Gasteiger partial charge in [-0.05, 0) is 74.3 Å². The number of piperidine rings is 1. The van der Waals surface area contributed by atoms with E-state index in [9.17, 15) is 9.59 Å². The first-order valence-corrected chi connectivity index (χ1v) is 13.6. The molecule has 7 heteroatoms. The van der Waals surface area contributed by atoms with E-state index in [1.54, 1.807) is 13.3 Å². The summed E-state index contributed by atoms with van der Waals surface area (Å²) in [4.78, 5) is 33.1. The lowest BCUT2D eigenvalue weighted by Crippen LogP contribution is -2.46. The van der Waals surface area contributed by atoms with E-state index >= 15 is 0 Å². The van der Waals surface area contributed by atoms with Crippen molar-refractivity contribution in [3.05, 3.63) is 30.1 Å². The SMILES string of the molecule is CCC1CC2CCCC(CC(=O)Nc3cccc4nc(C(=O)N5CCCCC5COC)cn34)(C1)C2. The van der Waals surface area contributed by atoms with E-state index in [1.165, 1.54) is 44.9 Å². The number of pyridine rings is 1. The van der Waals surface area contributed by atoms with Crippen LogP contribution in [0.5, 0.6) is 0 Å². The summed E-state index contributed by atoms with van der Waals surface area (Å²) < 4.78 is 7.20. The zero-order valence-electron chi connectivity index (χ0n) is 21.3. The zero-order valence-corrected chi connectivity index (χ0v) is 21.3. The molecular weight excluding hydrogens is 440 g/mol. The van der Waals surface area contributed by atoms with Gasteiger partial charge in [0.2, 0.25) is 5.91 Å². The monoisotopic (exact) mass is 480 g/mol. The highest BCUT2D eigenvalue weighted by Gasteiger charge is 2.43. The highest BCUT2D eigenvalue weighted by molar-refractivity contribution is 5.94. The molecule has 7 nitrogen and oxygen atoms in total. The van der Waals surface area contributed by atoms with Gasteiger partial charge in [-0.2, -0.15) is 0 Å². The Morgan fingerprint density at radius 1 is 1.20 bits per heavy atom. The van der Waals surface area contributed by atoms with E-state index in [0.717, 1.165) is 37.6 Å². The van der Waals surface area contributed by atoms with Crippen LogP contribution >= 0.6 is 0 Å². The Morgan fingerprint density at radius 3 is 2.91 bits per heavy atom. The van der Waals surface area contributed by atoms with Crippen molar-refractivity contribution in [3.8, 4) is 0 Å². The van der Waals surface area contributed by atoms with Gasteiger partial charge in [0.05, 0.1) is 12.6 Å². The first-order chi connectivity index (χ1) is 17.0. The van der Waals surface area contributed by atoms with Crippen LogP contribution in [0.1, 0.15) is 88.0 Å². The summed E-state index contributed by atoms with van der Waals surface area (Å²) in [5, 5.41) is 3.16. The number of carbonyl (C=O) groups is 2. The molecule has 0 radical (unpaired) electrons. The Bertz CT molecular complexity index is 1060. The molecule has 2 amide bonds. The molecule has 3 fully saturated rings. The Hall–Kier alpha value is -2.41. The summed E-state index contributed by atoms with van der Waals surface area (Å²) in [6, 6.07) is 5.76. The summed E-state index contributed by atoms with van der Waals surface area (Å²) in [6.45, 7) is 3.56. The van der Waals surface area contributed by atoms with Crippen molar-refractivity contribution < 1.29 is 14.3 Å². The minimum Gasteiger partial charge on any atom is -0.383 e. The van der Waals surface area contributed by atoms with E-state index in [-0.39, 0.29) is 23.3 Å². The number of carbonyl (C=O) groups excluding carboxylic acids is 2. The van der Waals surface area contributed by atoms with Crippen LogP contribution in [0.3, 0.4) is 0 Å². The Balaban J connectivity index is 1.32. The maximum absolute atomic E-state index is 13.3. The van der Waals surface area contributed by atoms with Crippen molar-refractivity contribution in [1.29, 1.82) is 0 Å². The number of hydrogen-bond acceptors (Lipinski definition) is 4. The van der Waals surface area contributed by atoms with Gasteiger partial charge < -0.3 is 15.0 Å². The van der Waals surface area contributed by atoms with Gasteiger partial charge in [-0.15, -0.1) is 0 Å². The molecule has 2 bridgehead atoms. The zero-order chi connectivity index (χ0) is 24.4. The van der Waals surface area contributed by atoms with Crippen LogP contribution in [-0.4, -0.2) is 52.4 Å². The average molecular weight is 481 g/mol. The number of nitrogens with zero attached hydrogens (tertiary/aromatic N) is 3. The minimum absolute atomic E-state index is 0.0623. The van der Waals surface area contributed by atoms with Crippen molar-refractivity contribution in [2.75, 3.05) is 25.6 Å². The second kappa shape index (κ2) is 10.3. The number of methoxy groups -OCH3 is 1. The number of anilines is 1. The fraction of sp³-hybridized carbons (Fsp3) is 0.679. The third-order valence-electron chi connectivity index (χ3n) is 8.77. The molecule has 35 heavy (non-hydrogen) atoms. The van der Waals surface area contributed by atoms with Crippen LogP contribution in [-0.2, 0) is 9.53 Å². The number of ether oxygens (including phenoxy) is 1. The molecule has 1 N–H and O–H groups in total. The fourth-order valence-corrected chi connectivity index (χ4v) is 7.20. The van der Waals surface area contributed by atoms with E-state index in [4.69, 9.17) is 4.74 Å². The smallest absolute Gasteiger partial charge is 0.274 e. The molecule has 5 rings (SSSR count). The topological polar surface area (TPSA) is 75.9 Å². The van der Waals surface area contributed by atoms with E-state index in [1.807, 2.05) is 27.5 Å². The predicted molar refractivity (Wildman–Crippen MR) is 136 cm³/mol. The van der Waals surface area contributed by atoms with Gasteiger partial charge in [0.25, 0.3) is 5.91 Å². The molecule has 2 saturated carbocycles. The van der Waals surface area contributed by atoms with Crippen LogP contribution in [0.15, 0.2) is 24.4 Å². The molecule has 1 saturated heterocycles. The van der Waals surface area contributed by atoms with Crippen molar-refractivity contribution >= 4 is 23.3 Å². The van der Waals surface area contributed by atoms with Gasteiger partial charge in [-0.1, -0.05) is 32.3 Å². The van der Waals surface area contributed by atoms with Gasteiger partial charge in [0.1, 0.15) is 17.2 Å². The molecule has 4 atom stereocenters. The fourth-order valence-electron chi connectivity index (χ4n) is 7.20. The molecule has 1 aliphatic heterocycles. The number of hydrogen-bond donors (Lipinski definition) is 1. The molecular formula is C28H40N4O3. The second-order valence-electron chi connectivity index (χ2n) is 11.3. The lowest BCUT2D eigenvalue weighted by molar-refractivity contribution is -0.120. The van der Waals surface area contributed by atoms with Crippen LogP contribution in [0.25, 0.3) is 5.65 Å². The molecule has 3 aliphatic rings. The van der Waals surface area contributed by atoms with Crippen molar-refractivity contribution in [1.82, 2.24) is 14.3 Å². The lowest BCUT2D eigenvalue weighted by atomic mass is 9.57. The molecule has 3 heterocycles. The average Bonchev–Trinajstić information content (AvgIpc) is 3.29. The first-order valence-electron chi connectivity index (χ1n) is 13.6. The third kappa shape index (κ3) is 5.11. The highest BCUT2D eigenvalue weighted by Crippen LogP contribution is 2.53. The normalized spacial score (nSPS) is 28.7. The second-order valence-corrected chi connectivity index (χ2v) is 11.3. The molecule has 190 valence electrons. The predicted octanol–water partition coefficient (Wildman–Crippen LogP) is 5.30. The van der Waals surface area contributed by atoms with Gasteiger partial charge in [-0.25, -0.2) is 4.98 Å². The van der Waals surface area contributed by atoms with Gasteiger partial charge in [0, 0.05) is 26.3 Å². The number of imidazole rings is 1. The maximum atomic E-state index is 13.3. The van der Waals surface area contributed by atoms with Crippen molar-refractivity contribution in [2.45, 2.75) is 83.6 Å². The van der Waals surface area contributed by atoms with Crippen LogP contribution in [0.2, 0.25) is 0 Å². The van der Waals surface area contributed by atoms with Crippen molar-refractivity contribution in [2.24, 2.45) is 17.3 Å². The van der Waals surface area contributed by atoms with Crippen LogP contribution in [0, 0.1) is 17.3 Å². The first kappa shape index (κ1) is 24.3. The Kier molecular flexibility index (Phi) is 7.14. The summed E-state index contributed by atoms with van der Waals surface area (Å²) in [6.07, 6.45) is 14.1. The number of rotatable bonds is 7. The van der Waals surface area contributed by atoms with Gasteiger partial charge in [-0.3, -0.25) is 14.0 Å².